The van der Waals surface area contributed by atoms with Crippen LogP contribution in [0, 0.1) is 0 Å². The number of anilines is 1. The van der Waals surface area contributed by atoms with E-state index in [0.29, 0.717) is 34.9 Å². The zero-order chi connectivity index (χ0) is 30.1. The molecule has 0 saturated carbocycles. The molecule has 2 aliphatic rings. The average molecular weight is 590 g/mol. The van der Waals surface area contributed by atoms with Gasteiger partial charge in [-0.25, -0.2) is 9.79 Å². The lowest BCUT2D eigenvalue weighted by molar-refractivity contribution is -0.143. The van der Waals surface area contributed by atoms with Gasteiger partial charge in [-0.3, -0.25) is 4.90 Å². The molecule has 0 N–H and O–H groups in total. The summed E-state index contributed by atoms with van der Waals surface area (Å²) in [5, 5.41) is 0. The molecule has 0 spiro atoms. The van der Waals surface area contributed by atoms with E-state index in [1.807, 2.05) is 0 Å². The maximum absolute atomic E-state index is 13.6. The summed E-state index contributed by atoms with van der Waals surface area (Å²) in [6.07, 6.45) is -10.4. The van der Waals surface area contributed by atoms with Crippen LogP contribution in [0.25, 0.3) is 0 Å². The van der Waals surface area contributed by atoms with Gasteiger partial charge in [-0.15, -0.1) is 0 Å². The number of amides is 1. The van der Waals surface area contributed by atoms with Gasteiger partial charge < -0.3 is 23.8 Å². The number of amidine groups is 1. The molecule has 0 unspecified atom stereocenters. The molecule has 2 atom stereocenters. The SMILES string of the molecule is CCOC(=O)N1c2cc(OC)c(OC)cc2[C@@H](N(Cc2cc(C(F)(F)F)cc(C(F)(F)F)c2)C2=NCCO2)C[C@H]1C. The monoisotopic (exact) mass is 589 g/mol. The van der Waals surface area contributed by atoms with E-state index in [-0.39, 0.29) is 43.8 Å². The summed E-state index contributed by atoms with van der Waals surface area (Å²) in [6, 6.07) is 3.53. The van der Waals surface area contributed by atoms with Crippen LogP contribution >= 0.6 is 0 Å². The quantitative estimate of drug-likeness (QED) is 0.362. The van der Waals surface area contributed by atoms with Crippen molar-refractivity contribution in [1.29, 1.82) is 0 Å². The van der Waals surface area contributed by atoms with E-state index in [9.17, 15) is 31.1 Å². The van der Waals surface area contributed by atoms with Crippen molar-refractivity contribution in [1.82, 2.24) is 4.90 Å². The van der Waals surface area contributed by atoms with Gasteiger partial charge in [-0.1, -0.05) is 0 Å². The Kier molecular flexibility index (Phi) is 8.50. The van der Waals surface area contributed by atoms with Crippen LogP contribution < -0.4 is 14.4 Å². The molecule has 2 aromatic carbocycles. The zero-order valence-corrected chi connectivity index (χ0v) is 22.7. The van der Waals surface area contributed by atoms with Gasteiger partial charge in [0, 0.05) is 24.2 Å². The van der Waals surface area contributed by atoms with Gasteiger partial charge in [0.2, 0.25) is 0 Å². The fourth-order valence-electron chi connectivity index (χ4n) is 5.03. The van der Waals surface area contributed by atoms with Gasteiger partial charge in [0.05, 0.1) is 50.2 Å². The largest absolute Gasteiger partial charge is 0.493 e. The average Bonchev–Trinajstić information content (AvgIpc) is 3.44. The Hall–Kier alpha value is -3.84. The highest BCUT2D eigenvalue weighted by atomic mass is 19.4. The third-order valence-electron chi connectivity index (χ3n) is 6.81. The number of aliphatic imine (C=N–C) groups is 1. The fraction of sp³-hybridized carbons (Fsp3) is 0.481. The van der Waals surface area contributed by atoms with E-state index < -0.39 is 48.2 Å². The minimum Gasteiger partial charge on any atom is -0.493 e. The van der Waals surface area contributed by atoms with Crippen LogP contribution in [-0.2, 0) is 28.4 Å². The van der Waals surface area contributed by atoms with Crippen molar-refractivity contribution in [3.8, 4) is 11.5 Å². The Morgan fingerprint density at radius 2 is 1.63 bits per heavy atom. The molecule has 1 amide bonds. The van der Waals surface area contributed by atoms with Crippen LogP contribution in [0.5, 0.6) is 11.5 Å². The maximum Gasteiger partial charge on any atom is 0.416 e. The van der Waals surface area contributed by atoms with Crippen molar-refractivity contribution in [3.05, 3.63) is 52.6 Å². The van der Waals surface area contributed by atoms with E-state index in [0.717, 1.165) is 0 Å². The molecule has 14 heteroatoms. The van der Waals surface area contributed by atoms with E-state index >= 15 is 0 Å². The van der Waals surface area contributed by atoms with Crippen LogP contribution in [0.4, 0.5) is 36.8 Å². The minimum absolute atomic E-state index is 0.0680. The Morgan fingerprint density at radius 3 is 2.15 bits per heavy atom. The van der Waals surface area contributed by atoms with Crippen molar-refractivity contribution >= 4 is 17.8 Å². The molecule has 4 rings (SSSR count). The molecule has 2 aromatic rings. The van der Waals surface area contributed by atoms with Crippen LogP contribution in [-0.4, -0.2) is 57.0 Å². The smallest absolute Gasteiger partial charge is 0.416 e. The fourth-order valence-corrected chi connectivity index (χ4v) is 5.03. The number of rotatable bonds is 6. The molecule has 0 saturated heterocycles. The number of nitrogens with zero attached hydrogens (tertiary/aromatic N) is 3. The number of carbonyl (C=O) groups excluding carboxylic acids is 1. The van der Waals surface area contributed by atoms with Crippen LogP contribution in [0.15, 0.2) is 35.3 Å². The third-order valence-corrected chi connectivity index (χ3v) is 6.81. The first-order valence-corrected chi connectivity index (χ1v) is 12.7. The topological polar surface area (TPSA) is 72.8 Å². The molecule has 0 radical (unpaired) electrons. The summed E-state index contributed by atoms with van der Waals surface area (Å²) in [6.45, 7) is 3.59. The number of carbonyl (C=O) groups is 1. The molecule has 2 aliphatic heterocycles. The number of fused-ring (bicyclic) bond motifs is 1. The molecule has 2 heterocycles. The predicted octanol–water partition coefficient (Wildman–Crippen LogP) is 6.43. The standard InChI is InChI=1S/C27H29F6N3O5/c1-5-40-25(37)36-15(2)8-20(19-12-22(38-3)23(39-4)13-21(19)36)35(24-34-6-7-41-24)14-16-9-17(26(28,29)30)11-18(10-16)27(31,32)33/h9-13,15,20H,5-8,14H2,1-4H3/t15-,20+/m1/s1. The number of hydrogen-bond donors (Lipinski definition) is 0. The number of hydrogen-bond acceptors (Lipinski definition) is 7. The van der Waals surface area contributed by atoms with Crippen molar-refractivity contribution in [2.24, 2.45) is 4.99 Å². The predicted molar refractivity (Wildman–Crippen MR) is 136 cm³/mol. The van der Waals surface area contributed by atoms with E-state index in [2.05, 4.69) is 4.99 Å². The normalized spacial score (nSPS) is 18.8. The lowest BCUT2D eigenvalue weighted by atomic mass is 9.90. The maximum atomic E-state index is 13.6. The number of alkyl halides is 6. The van der Waals surface area contributed by atoms with Crippen molar-refractivity contribution < 1.29 is 50.1 Å². The van der Waals surface area contributed by atoms with E-state index in [1.165, 1.54) is 24.0 Å². The van der Waals surface area contributed by atoms with Crippen LogP contribution in [0.1, 0.15) is 48.6 Å². The zero-order valence-electron chi connectivity index (χ0n) is 22.7. The Bertz CT molecular complexity index is 1280. The molecule has 0 fully saturated rings. The molecule has 41 heavy (non-hydrogen) atoms. The first-order valence-electron chi connectivity index (χ1n) is 12.7. The second-order valence-electron chi connectivity index (χ2n) is 9.49. The highest BCUT2D eigenvalue weighted by Crippen LogP contribution is 2.47. The first-order chi connectivity index (χ1) is 19.3. The van der Waals surface area contributed by atoms with Crippen LogP contribution in [0.3, 0.4) is 0 Å². The van der Waals surface area contributed by atoms with Crippen molar-refractivity contribution in [2.45, 2.75) is 51.2 Å². The van der Waals surface area contributed by atoms with Gasteiger partial charge in [0.15, 0.2) is 11.5 Å². The van der Waals surface area contributed by atoms with Crippen LogP contribution in [0.2, 0.25) is 0 Å². The third kappa shape index (κ3) is 6.25. The highest BCUT2D eigenvalue weighted by molar-refractivity contribution is 5.91. The minimum atomic E-state index is -5.00. The summed E-state index contributed by atoms with van der Waals surface area (Å²) >= 11 is 0. The number of halogens is 6. The summed E-state index contributed by atoms with van der Waals surface area (Å²) < 4.78 is 103. The van der Waals surface area contributed by atoms with E-state index in [1.54, 1.807) is 26.0 Å². The molecule has 0 aromatic heterocycles. The van der Waals surface area contributed by atoms with Gasteiger partial charge in [0.1, 0.15) is 6.61 Å². The summed E-state index contributed by atoms with van der Waals surface area (Å²) in [5.74, 6) is 0.615. The molecule has 8 nitrogen and oxygen atoms in total. The Labute approximate surface area is 232 Å². The van der Waals surface area contributed by atoms with E-state index in [4.69, 9.17) is 18.9 Å². The number of ether oxygens (including phenoxy) is 4. The first kappa shape index (κ1) is 30.1. The van der Waals surface area contributed by atoms with Gasteiger partial charge >= 0.3 is 18.4 Å². The number of benzene rings is 2. The van der Waals surface area contributed by atoms with Gasteiger partial charge in [-0.05, 0) is 50.1 Å². The van der Waals surface area contributed by atoms with Gasteiger partial charge in [-0.2, -0.15) is 26.3 Å². The second-order valence-corrected chi connectivity index (χ2v) is 9.49. The van der Waals surface area contributed by atoms with Gasteiger partial charge in [0.25, 0.3) is 6.02 Å². The Balaban J connectivity index is 1.87. The Morgan fingerprint density at radius 1 is 1.02 bits per heavy atom. The summed E-state index contributed by atoms with van der Waals surface area (Å²) in [5.41, 5.74) is -2.21. The summed E-state index contributed by atoms with van der Waals surface area (Å²) in [4.78, 5) is 20.2. The lowest BCUT2D eigenvalue weighted by Crippen LogP contribution is -2.47. The molecular weight excluding hydrogens is 560 g/mol. The molecule has 224 valence electrons. The molecule has 0 bridgehead atoms. The molecular formula is C27H29F6N3O5. The number of methoxy groups -OCH3 is 2. The highest BCUT2D eigenvalue weighted by Gasteiger charge is 2.41. The van der Waals surface area contributed by atoms with Crippen molar-refractivity contribution in [3.63, 3.8) is 0 Å². The van der Waals surface area contributed by atoms with Crippen molar-refractivity contribution in [2.75, 3.05) is 38.9 Å². The lowest BCUT2D eigenvalue weighted by Gasteiger charge is -2.43. The second kappa shape index (κ2) is 11.6. The summed E-state index contributed by atoms with van der Waals surface area (Å²) in [7, 11) is 2.83. The molecule has 0 aliphatic carbocycles.